The third-order valence-electron chi connectivity index (χ3n) is 6.02. The molecule has 4 rings (SSSR count). The number of amides is 2. The van der Waals surface area contributed by atoms with Crippen LogP contribution in [0.2, 0.25) is 0 Å². The maximum absolute atomic E-state index is 12.8. The van der Waals surface area contributed by atoms with Gasteiger partial charge in [0.05, 0.1) is 11.3 Å². The number of nitrogens with zero attached hydrogens (tertiary/aromatic N) is 6. The molecule has 0 atom stereocenters. The summed E-state index contributed by atoms with van der Waals surface area (Å²) in [6.45, 7) is 8.08. The quantitative estimate of drug-likeness (QED) is 0.733. The molecule has 2 aliphatic rings. The van der Waals surface area contributed by atoms with Gasteiger partial charge in [-0.3, -0.25) is 14.3 Å². The van der Waals surface area contributed by atoms with E-state index in [1.165, 1.54) is 0 Å². The summed E-state index contributed by atoms with van der Waals surface area (Å²) in [6, 6.07) is 1.75. The van der Waals surface area contributed by atoms with Crippen LogP contribution in [0.4, 0.5) is 0 Å². The lowest BCUT2D eigenvalue weighted by atomic mass is 9.71. The smallest absolute Gasteiger partial charge is 0.274 e. The van der Waals surface area contributed by atoms with E-state index in [2.05, 4.69) is 30.9 Å². The molecular weight excluding hydrogens is 368 g/mol. The van der Waals surface area contributed by atoms with Crippen LogP contribution in [0.3, 0.4) is 0 Å². The third-order valence-corrected chi connectivity index (χ3v) is 6.02. The first-order valence-corrected chi connectivity index (χ1v) is 10.0. The second-order valence-electron chi connectivity index (χ2n) is 9.31. The Morgan fingerprint density at radius 3 is 2.45 bits per heavy atom. The van der Waals surface area contributed by atoms with Crippen LogP contribution < -0.4 is 0 Å². The zero-order chi connectivity index (χ0) is 21.0. The first-order chi connectivity index (χ1) is 13.6. The number of likely N-dealkylation sites (tertiary alicyclic amines) is 1. The maximum Gasteiger partial charge on any atom is 0.274 e. The van der Waals surface area contributed by atoms with Gasteiger partial charge in [0.15, 0.2) is 0 Å². The van der Waals surface area contributed by atoms with E-state index in [1.54, 1.807) is 35.1 Å². The minimum absolute atomic E-state index is 0.0296. The van der Waals surface area contributed by atoms with Gasteiger partial charge in [-0.05, 0) is 18.9 Å². The van der Waals surface area contributed by atoms with E-state index in [0.29, 0.717) is 30.9 Å². The van der Waals surface area contributed by atoms with Crippen molar-refractivity contribution in [3.63, 3.8) is 0 Å². The summed E-state index contributed by atoms with van der Waals surface area (Å²) >= 11 is 0. The van der Waals surface area contributed by atoms with Crippen molar-refractivity contribution >= 4 is 11.8 Å². The van der Waals surface area contributed by atoms with Gasteiger partial charge in [0.2, 0.25) is 0 Å². The van der Waals surface area contributed by atoms with Crippen LogP contribution in [0.5, 0.6) is 0 Å². The number of likely N-dealkylation sites (N-methyl/N-ethyl adjacent to an activating group) is 1. The number of rotatable bonds is 1. The summed E-state index contributed by atoms with van der Waals surface area (Å²) in [5, 5.41) is 4.24. The molecule has 1 spiro atoms. The van der Waals surface area contributed by atoms with Crippen LogP contribution in [-0.2, 0) is 17.9 Å². The van der Waals surface area contributed by atoms with Gasteiger partial charge >= 0.3 is 0 Å². The van der Waals surface area contributed by atoms with E-state index < -0.39 is 0 Å². The van der Waals surface area contributed by atoms with Crippen molar-refractivity contribution in [2.75, 3.05) is 26.7 Å². The number of aromatic nitrogens is 4. The highest BCUT2D eigenvalue weighted by molar-refractivity contribution is 5.96. The highest BCUT2D eigenvalue weighted by Crippen LogP contribution is 2.41. The number of fused-ring (bicyclic) bond motifs is 2. The molecule has 0 aliphatic carbocycles. The Bertz CT molecular complexity index is 966. The summed E-state index contributed by atoms with van der Waals surface area (Å²) in [4.78, 5) is 38.5. The van der Waals surface area contributed by atoms with Crippen molar-refractivity contribution in [3.05, 3.63) is 41.2 Å². The highest BCUT2D eigenvalue weighted by atomic mass is 16.2. The number of aryl methyl sites for hydroxylation is 1. The SMILES string of the molecule is CN1CC2(CCN(C(=O)c3ccn(C)n3)CC2)c2nc(C(C)(C)C)ncc2C1=O. The second kappa shape index (κ2) is 6.64. The number of carbonyl (C=O) groups is 2. The molecule has 2 aromatic heterocycles. The molecule has 0 aromatic carbocycles. The van der Waals surface area contributed by atoms with Gasteiger partial charge in [-0.25, -0.2) is 9.97 Å². The van der Waals surface area contributed by atoms with E-state index in [9.17, 15) is 9.59 Å². The Morgan fingerprint density at radius 2 is 1.86 bits per heavy atom. The lowest BCUT2D eigenvalue weighted by Gasteiger charge is -2.46. The molecule has 0 bridgehead atoms. The molecule has 0 N–H and O–H groups in total. The van der Waals surface area contributed by atoms with Gasteiger partial charge in [0, 0.05) is 57.0 Å². The monoisotopic (exact) mass is 396 g/mol. The van der Waals surface area contributed by atoms with Crippen LogP contribution in [-0.4, -0.2) is 68.0 Å². The number of piperidine rings is 1. The van der Waals surface area contributed by atoms with Crippen LogP contribution in [0.15, 0.2) is 18.5 Å². The minimum atomic E-state index is -0.248. The van der Waals surface area contributed by atoms with Crippen molar-refractivity contribution in [1.29, 1.82) is 0 Å². The number of hydrogen-bond donors (Lipinski definition) is 0. The standard InChI is InChI=1S/C21H28N6O2/c1-20(2,3)19-22-12-14-16(23-19)21(13-25(4)17(14)28)7-10-27(11-8-21)18(29)15-6-9-26(5)24-15/h6,9,12H,7-8,10-11,13H2,1-5H3. The molecule has 0 saturated carbocycles. The maximum atomic E-state index is 12.8. The zero-order valence-electron chi connectivity index (χ0n) is 17.8. The van der Waals surface area contributed by atoms with Gasteiger partial charge in [-0.1, -0.05) is 20.8 Å². The Hall–Kier alpha value is -2.77. The van der Waals surface area contributed by atoms with Crippen molar-refractivity contribution in [2.24, 2.45) is 7.05 Å². The van der Waals surface area contributed by atoms with Crippen LogP contribution >= 0.6 is 0 Å². The molecule has 1 fully saturated rings. The molecule has 2 aromatic rings. The van der Waals surface area contributed by atoms with Gasteiger partial charge in [-0.15, -0.1) is 0 Å². The Labute approximate surface area is 170 Å². The fourth-order valence-corrected chi connectivity index (χ4v) is 4.33. The lowest BCUT2D eigenvalue weighted by Crippen LogP contribution is -2.54. The van der Waals surface area contributed by atoms with Crippen molar-refractivity contribution in [2.45, 2.75) is 44.4 Å². The van der Waals surface area contributed by atoms with Gasteiger partial charge in [-0.2, -0.15) is 5.10 Å². The molecule has 0 radical (unpaired) electrons. The van der Waals surface area contributed by atoms with Gasteiger partial charge in [0.25, 0.3) is 11.8 Å². The normalized spacial score (nSPS) is 18.9. The molecule has 154 valence electrons. The van der Waals surface area contributed by atoms with Crippen molar-refractivity contribution in [1.82, 2.24) is 29.5 Å². The summed E-state index contributed by atoms with van der Waals surface area (Å²) in [6.07, 6.45) is 4.99. The number of hydrogen-bond acceptors (Lipinski definition) is 5. The Morgan fingerprint density at radius 1 is 1.17 bits per heavy atom. The molecule has 29 heavy (non-hydrogen) atoms. The largest absolute Gasteiger partial charge is 0.341 e. The van der Waals surface area contributed by atoms with E-state index in [0.717, 1.165) is 24.4 Å². The molecule has 0 unspecified atom stereocenters. The topological polar surface area (TPSA) is 84.2 Å². The second-order valence-corrected chi connectivity index (χ2v) is 9.31. The molecule has 2 amide bonds. The van der Waals surface area contributed by atoms with Gasteiger partial charge < -0.3 is 9.80 Å². The molecule has 8 heteroatoms. The lowest BCUT2D eigenvalue weighted by molar-refractivity contribution is 0.0536. The summed E-state index contributed by atoms with van der Waals surface area (Å²) in [5.74, 6) is 0.678. The highest BCUT2D eigenvalue weighted by Gasteiger charge is 2.46. The summed E-state index contributed by atoms with van der Waals surface area (Å²) in [5.41, 5.74) is 1.47. The third kappa shape index (κ3) is 3.30. The minimum Gasteiger partial charge on any atom is -0.341 e. The molecule has 2 aliphatic heterocycles. The Balaban J connectivity index is 1.64. The van der Waals surface area contributed by atoms with E-state index in [1.807, 2.05) is 11.9 Å². The van der Waals surface area contributed by atoms with E-state index in [-0.39, 0.29) is 22.6 Å². The van der Waals surface area contributed by atoms with Gasteiger partial charge in [0.1, 0.15) is 11.5 Å². The Kier molecular flexibility index (Phi) is 4.47. The average Bonchev–Trinajstić information content (AvgIpc) is 3.11. The predicted molar refractivity (Wildman–Crippen MR) is 108 cm³/mol. The van der Waals surface area contributed by atoms with E-state index in [4.69, 9.17) is 4.98 Å². The molecular formula is C21H28N6O2. The predicted octanol–water partition coefficient (Wildman–Crippen LogP) is 1.77. The van der Waals surface area contributed by atoms with Crippen molar-refractivity contribution < 1.29 is 9.59 Å². The number of carbonyl (C=O) groups excluding carboxylic acids is 2. The van der Waals surface area contributed by atoms with E-state index >= 15 is 0 Å². The van der Waals surface area contributed by atoms with Crippen LogP contribution in [0.25, 0.3) is 0 Å². The zero-order valence-corrected chi connectivity index (χ0v) is 17.8. The molecule has 8 nitrogen and oxygen atoms in total. The van der Waals surface area contributed by atoms with Crippen LogP contribution in [0.1, 0.15) is 66.0 Å². The first-order valence-electron chi connectivity index (χ1n) is 10.0. The first kappa shape index (κ1) is 19.5. The summed E-state index contributed by atoms with van der Waals surface area (Å²) in [7, 11) is 3.64. The fraction of sp³-hybridized carbons (Fsp3) is 0.571. The van der Waals surface area contributed by atoms with Crippen LogP contribution in [0, 0.1) is 0 Å². The van der Waals surface area contributed by atoms with Crippen molar-refractivity contribution in [3.8, 4) is 0 Å². The fourth-order valence-electron chi connectivity index (χ4n) is 4.33. The summed E-state index contributed by atoms with van der Waals surface area (Å²) < 4.78 is 1.64. The molecule has 4 heterocycles. The molecule has 1 saturated heterocycles. The average molecular weight is 396 g/mol.